The summed E-state index contributed by atoms with van der Waals surface area (Å²) in [5, 5.41) is 4.70. The van der Waals surface area contributed by atoms with Gasteiger partial charge in [-0.3, -0.25) is 4.79 Å². The van der Waals surface area contributed by atoms with Gasteiger partial charge in [0, 0.05) is 20.8 Å². The van der Waals surface area contributed by atoms with E-state index in [2.05, 4.69) is 5.32 Å². The zero-order valence-electron chi connectivity index (χ0n) is 11.8. The van der Waals surface area contributed by atoms with Crippen molar-refractivity contribution >= 4 is 67.8 Å². The molecule has 118 valence electrons. The van der Waals surface area contributed by atoms with Crippen molar-refractivity contribution in [3.8, 4) is 5.75 Å². The minimum atomic E-state index is -0.298. The Labute approximate surface area is 151 Å². The van der Waals surface area contributed by atoms with Crippen molar-refractivity contribution in [2.24, 2.45) is 0 Å². The van der Waals surface area contributed by atoms with Crippen LogP contribution >= 0.6 is 46.1 Å². The van der Waals surface area contributed by atoms with Crippen molar-refractivity contribution < 1.29 is 9.53 Å². The highest BCUT2D eigenvalue weighted by molar-refractivity contribution is 7.21. The van der Waals surface area contributed by atoms with Gasteiger partial charge in [-0.05, 0) is 36.4 Å². The molecule has 3 nitrogen and oxygen atoms in total. The Hall–Kier alpha value is -1.46. The summed E-state index contributed by atoms with van der Waals surface area (Å²) in [5.74, 6) is 0.415. The number of benzene rings is 2. The third kappa shape index (κ3) is 3.26. The number of fused-ring (bicyclic) bond motifs is 1. The van der Waals surface area contributed by atoms with Crippen LogP contribution in [-0.2, 0) is 0 Å². The molecule has 1 aromatic heterocycles. The Balaban J connectivity index is 1.94. The van der Waals surface area contributed by atoms with Crippen molar-refractivity contribution in [3.63, 3.8) is 0 Å². The van der Waals surface area contributed by atoms with E-state index in [0.717, 1.165) is 4.70 Å². The van der Waals surface area contributed by atoms with Crippen molar-refractivity contribution in [2.45, 2.75) is 0 Å². The second-order valence-electron chi connectivity index (χ2n) is 4.69. The number of anilines is 1. The molecule has 0 saturated carbocycles. The van der Waals surface area contributed by atoms with Crippen LogP contribution in [0.5, 0.6) is 5.75 Å². The average molecular weight is 387 g/mol. The molecule has 3 aromatic rings. The summed E-state index contributed by atoms with van der Waals surface area (Å²) in [6.07, 6.45) is 0. The van der Waals surface area contributed by atoms with Gasteiger partial charge in [-0.25, -0.2) is 0 Å². The molecule has 0 aliphatic heterocycles. The maximum atomic E-state index is 12.5. The molecule has 0 fully saturated rings. The molecule has 0 bridgehead atoms. The Bertz CT molecular complexity index is 890. The van der Waals surface area contributed by atoms with E-state index in [1.54, 1.807) is 43.5 Å². The van der Waals surface area contributed by atoms with Crippen molar-refractivity contribution in [1.82, 2.24) is 0 Å². The Kier molecular flexibility index (Phi) is 4.69. The molecule has 0 spiro atoms. The van der Waals surface area contributed by atoms with E-state index in [1.165, 1.54) is 11.3 Å². The summed E-state index contributed by atoms with van der Waals surface area (Å²) in [4.78, 5) is 12.9. The summed E-state index contributed by atoms with van der Waals surface area (Å²) in [6.45, 7) is 0. The first-order valence-corrected chi connectivity index (χ1v) is 8.47. The van der Waals surface area contributed by atoms with E-state index >= 15 is 0 Å². The Morgan fingerprint density at radius 3 is 2.48 bits per heavy atom. The topological polar surface area (TPSA) is 38.3 Å². The molecule has 0 saturated heterocycles. The van der Waals surface area contributed by atoms with E-state index in [9.17, 15) is 4.79 Å². The molecular formula is C16H10Cl3NO2S. The van der Waals surface area contributed by atoms with Gasteiger partial charge in [0.1, 0.15) is 10.6 Å². The number of hydrogen-bond acceptors (Lipinski definition) is 3. The normalized spacial score (nSPS) is 10.8. The summed E-state index contributed by atoms with van der Waals surface area (Å²) in [7, 11) is 1.58. The molecule has 2 aromatic carbocycles. The van der Waals surface area contributed by atoms with Crippen LogP contribution in [0.4, 0.5) is 5.69 Å². The zero-order chi connectivity index (χ0) is 16.6. The van der Waals surface area contributed by atoms with Gasteiger partial charge in [0.05, 0.1) is 17.2 Å². The number of methoxy groups -OCH3 is 1. The summed E-state index contributed by atoms with van der Waals surface area (Å²) in [5.41, 5.74) is 0.647. The maximum Gasteiger partial charge on any atom is 0.267 e. The van der Waals surface area contributed by atoms with Gasteiger partial charge in [-0.15, -0.1) is 11.3 Å². The van der Waals surface area contributed by atoms with Gasteiger partial charge in [-0.2, -0.15) is 0 Å². The number of carbonyl (C=O) groups is 1. The lowest BCUT2D eigenvalue weighted by Crippen LogP contribution is -2.10. The number of amides is 1. The molecule has 0 aliphatic carbocycles. The molecule has 0 atom stereocenters. The molecule has 0 aliphatic rings. The van der Waals surface area contributed by atoms with Gasteiger partial charge < -0.3 is 10.1 Å². The van der Waals surface area contributed by atoms with Crippen LogP contribution in [0.15, 0.2) is 36.4 Å². The standard InChI is InChI=1S/C16H10Cl3NO2S/c1-22-10-4-2-9(3-5-10)20-16(21)15-14(19)13-11(18)6-8(17)7-12(13)23-15/h2-7H,1H3,(H,20,21). The quantitative estimate of drug-likeness (QED) is 0.588. The molecule has 0 unspecified atom stereocenters. The number of halogens is 3. The van der Waals surface area contributed by atoms with Crippen LogP contribution in [0.2, 0.25) is 15.1 Å². The lowest BCUT2D eigenvalue weighted by molar-refractivity contribution is 0.103. The van der Waals surface area contributed by atoms with Crippen LogP contribution < -0.4 is 10.1 Å². The molecule has 1 N–H and O–H groups in total. The molecular weight excluding hydrogens is 377 g/mol. The molecule has 0 radical (unpaired) electrons. The van der Waals surface area contributed by atoms with Gasteiger partial charge in [0.25, 0.3) is 5.91 Å². The minimum absolute atomic E-state index is 0.298. The number of thiophene rings is 1. The first kappa shape index (κ1) is 16.4. The highest BCUT2D eigenvalue weighted by atomic mass is 35.5. The highest BCUT2D eigenvalue weighted by Crippen LogP contribution is 2.41. The summed E-state index contributed by atoms with van der Waals surface area (Å²) >= 11 is 19.7. The fraction of sp³-hybridized carbons (Fsp3) is 0.0625. The fourth-order valence-electron chi connectivity index (χ4n) is 2.12. The fourth-order valence-corrected chi connectivity index (χ4v) is 4.39. The maximum absolute atomic E-state index is 12.5. The first-order chi connectivity index (χ1) is 11.0. The molecule has 1 heterocycles. The van der Waals surface area contributed by atoms with Crippen LogP contribution in [0.3, 0.4) is 0 Å². The smallest absolute Gasteiger partial charge is 0.267 e. The lowest BCUT2D eigenvalue weighted by atomic mass is 10.2. The van der Waals surface area contributed by atoms with Gasteiger partial charge in [0.2, 0.25) is 0 Å². The Morgan fingerprint density at radius 2 is 1.83 bits per heavy atom. The predicted molar refractivity (Wildman–Crippen MR) is 97.8 cm³/mol. The van der Waals surface area contributed by atoms with E-state index in [4.69, 9.17) is 39.5 Å². The zero-order valence-corrected chi connectivity index (χ0v) is 14.9. The second kappa shape index (κ2) is 6.57. The largest absolute Gasteiger partial charge is 0.497 e. The van der Waals surface area contributed by atoms with Crippen molar-refractivity contribution in [1.29, 1.82) is 0 Å². The number of ether oxygens (including phenoxy) is 1. The monoisotopic (exact) mass is 385 g/mol. The third-order valence-electron chi connectivity index (χ3n) is 3.20. The number of rotatable bonds is 3. The van der Waals surface area contributed by atoms with Crippen LogP contribution in [0.1, 0.15) is 9.67 Å². The minimum Gasteiger partial charge on any atom is -0.497 e. The highest BCUT2D eigenvalue weighted by Gasteiger charge is 2.19. The molecule has 23 heavy (non-hydrogen) atoms. The average Bonchev–Trinajstić information content (AvgIpc) is 2.85. The van der Waals surface area contributed by atoms with E-state index in [1.807, 2.05) is 0 Å². The van der Waals surface area contributed by atoms with Crippen molar-refractivity contribution in [3.05, 3.63) is 56.3 Å². The predicted octanol–water partition coefficient (Wildman–Crippen LogP) is 6.12. The molecule has 1 amide bonds. The number of hydrogen-bond donors (Lipinski definition) is 1. The Morgan fingerprint density at radius 1 is 1.13 bits per heavy atom. The van der Waals surface area contributed by atoms with Gasteiger partial charge in [-0.1, -0.05) is 34.8 Å². The molecule has 7 heteroatoms. The number of nitrogens with one attached hydrogen (secondary N) is 1. The lowest BCUT2D eigenvalue weighted by Gasteiger charge is -2.05. The van der Waals surface area contributed by atoms with E-state index in [-0.39, 0.29) is 5.91 Å². The van der Waals surface area contributed by atoms with Gasteiger partial charge >= 0.3 is 0 Å². The van der Waals surface area contributed by atoms with E-state index in [0.29, 0.717) is 36.8 Å². The van der Waals surface area contributed by atoms with Crippen molar-refractivity contribution in [2.75, 3.05) is 12.4 Å². The third-order valence-corrected chi connectivity index (χ3v) is 5.35. The van der Waals surface area contributed by atoms with Crippen LogP contribution in [0, 0.1) is 0 Å². The number of carbonyl (C=O) groups excluding carboxylic acids is 1. The summed E-state index contributed by atoms with van der Waals surface area (Å²) in [6, 6.07) is 10.4. The SMILES string of the molecule is COc1ccc(NC(=O)c2sc3cc(Cl)cc(Cl)c3c2Cl)cc1. The first-order valence-electron chi connectivity index (χ1n) is 6.52. The van der Waals surface area contributed by atoms with Crippen LogP contribution in [0.25, 0.3) is 10.1 Å². The molecule has 3 rings (SSSR count). The summed E-state index contributed by atoms with van der Waals surface area (Å²) < 4.78 is 5.85. The van der Waals surface area contributed by atoms with E-state index < -0.39 is 0 Å². The van der Waals surface area contributed by atoms with Gasteiger partial charge in [0.15, 0.2) is 0 Å². The van der Waals surface area contributed by atoms with Crippen LogP contribution in [-0.4, -0.2) is 13.0 Å². The second-order valence-corrected chi connectivity index (χ2v) is 6.96.